The Balaban J connectivity index is 1.53. The van der Waals surface area contributed by atoms with Crippen molar-refractivity contribution in [3.05, 3.63) is 78.0 Å². The van der Waals surface area contributed by atoms with Crippen LogP contribution in [-0.4, -0.2) is 100 Å². The summed E-state index contributed by atoms with van der Waals surface area (Å²) in [6, 6.07) is 15.7. The maximum atomic E-state index is 14.5. The lowest BCUT2D eigenvalue weighted by atomic mass is 9.72. The molecular weight excluding hydrogens is 803 g/mol. The van der Waals surface area contributed by atoms with Gasteiger partial charge >= 0.3 is 12.1 Å². The number of nitrogens with zero attached hydrogens (tertiary/aromatic N) is 2. The molecule has 7 atom stereocenters. The van der Waals surface area contributed by atoms with Gasteiger partial charge in [-0.2, -0.15) is 0 Å². The fourth-order valence-corrected chi connectivity index (χ4v) is 8.52. The maximum Gasteiger partial charge on any atom is 0.408 e. The van der Waals surface area contributed by atoms with Gasteiger partial charge in [-0.05, 0) is 96.3 Å². The molecule has 1 saturated carbocycles. The summed E-state index contributed by atoms with van der Waals surface area (Å²) in [5.74, 6) is -2.95. The van der Waals surface area contributed by atoms with Crippen molar-refractivity contribution < 1.29 is 38.2 Å². The van der Waals surface area contributed by atoms with E-state index in [1.165, 1.54) is 6.07 Å². The molecule has 1 aliphatic carbocycles. The molecule has 2 aliphatic rings. The molecule has 6 N–H and O–H groups in total. The van der Waals surface area contributed by atoms with Crippen molar-refractivity contribution >= 4 is 46.6 Å². The molecule has 1 saturated heterocycles. The molecule has 3 aromatic rings. The number of hydrogen-bond donors (Lipinski definition) is 5. The summed E-state index contributed by atoms with van der Waals surface area (Å²) < 4.78 is 12.0. The average molecular weight is 870 g/mol. The van der Waals surface area contributed by atoms with E-state index in [9.17, 15) is 28.8 Å². The molecule has 342 valence electrons. The molecule has 1 unspecified atom stereocenters. The number of carbonyl (C=O) groups excluding carboxylic acids is 6. The van der Waals surface area contributed by atoms with E-state index in [2.05, 4.69) is 31.2 Å². The first-order chi connectivity index (χ1) is 29.7. The van der Waals surface area contributed by atoms with Crippen molar-refractivity contribution in [2.75, 3.05) is 13.1 Å². The standard InChI is InChI=1S/C48H67N7O8/c1-29(2)41(53-46(61)63-48(6,7)8)45(60)62-39(28-55-27-33-20-13-12-19-32(33)25-38(55)44(59)54-47(3,4)5)36(24-30-16-10-9-11-17-30)51-43(58)37(26-40(49)56)52-42(57)35-23-22-31-18-14-15-21-34(31)50-35/h9-11,14-18,21-23,29,32-33,36-39,41H,12-13,19-20,24-28H2,1-8H3,(H2,49,56)(H,51,58)(H,52,57)(H,53,61)(H,54,59)/t32-,33+,36-,37-,38-,39+,41?/m0/s1. The van der Waals surface area contributed by atoms with Gasteiger partial charge in [-0.1, -0.05) is 87.7 Å². The number of benzene rings is 2. The van der Waals surface area contributed by atoms with Crippen LogP contribution in [0.2, 0.25) is 0 Å². The highest BCUT2D eigenvalue weighted by atomic mass is 16.6. The van der Waals surface area contributed by atoms with E-state index in [1.807, 2.05) is 63.2 Å². The molecule has 0 spiro atoms. The van der Waals surface area contributed by atoms with E-state index >= 15 is 0 Å². The van der Waals surface area contributed by atoms with Crippen LogP contribution in [0.1, 0.15) is 110 Å². The van der Waals surface area contributed by atoms with Crippen LogP contribution < -0.4 is 27.0 Å². The van der Waals surface area contributed by atoms with Crippen LogP contribution >= 0.6 is 0 Å². The number of primary amides is 1. The second kappa shape index (κ2) is 21.2. The molecule has 5 amide bonds. The average Bonchev–Trinajstić information content (AvgIpc) is 3.20. The van der Waals surface area contributed by atoms with E-state index in [1.54, 1.807) is 52.8 Å². The highest BCUT2D eigenvalue weighted by molar-refractivity contribution is 5.99. The fourth-order valence-electron chi connectivity index (χ4n) is 8.52. The van der Waals surface area contributed by atoms with Crippen molar-refractivity contribution in [2.45, 2.75) is 142 Å². The zero-order valence-electron chi connectivity index (χ0n) is 38.1. The largest absolute Gasteiger partial charge is 0.457 e. The molecule has 2 fully saturated rings. The summed E-state index contributed by atoms with van der Waals surface area (Å²) in [7, 11) is 0. The SMILES string of the molecule is CC(C)C(NC(=O)OC(C)(C)C)C(=O)O[C@H](CN1C[C@H]2CCCC[C@H]2C[C@H]1C(=O)NC(C)(C)C)[C@H](Cc1ccccc1)NC(=O)[C@H](CC(N)=O)NC(=O)c1ccc2ccccc2n1. The highest BCUT2D eigenvalue weighted by Crippen LogP contribution is 2.39. The number of esters is 1. The summed E-state index contributed by atoms with van der Waals surface area (Å²) in [4.78, 5) is 88.9. The number of alkyl carbamates (subject to hydrolysis) is 1. The minimum atomic E-state index is -1.43. The lowest BCUT2D eigenvalue weighted by molar-refractivity contribution is -0.158. The van der Waals surface area contributed by atoms with Crippen LogP contribution in [0.4, 0.5) is 4.79 Å². The van der Waals surface area contributed by atoms with Gasteiger partial charge in [0.2, 0.25) is 17.7 Å². The lowest BCUT2D eigenvalue weighted by Gasteiger charge is -2.47. The second-order valence-electron chi connectivity index (χ2n) is 19.5. The molecule has 1 aliphatic heterocycles. The van der Waals surface area contributed by atoms with Gasteiger partial charge < -0.3 is 36.5 Å². The Morgan fingerprint density at radius 2 is 1.51 bits per heavy atom. The zero-order chi connectivity index (χ0) is 46.1. The first kappa shape index (κ1) is 48.5. The molecule has 15 heteroatoms. The predicted octanol–water partition coefficient (Wildman–Crippen LogP) is 5.19. The fraction of sp³-hybridized carbons (Fsp3) is 0.562. The number of likely N-dealkylation sites (tertiary alicyclic amines) is 1. The van der Waals surface area contributed by atoms with E-state index in [0.29, 0.717) is 30.3 Å². The Morgan fingerprint density at radius 3 is 2.16 bits per heavy atom. The first-order valence-electron chi connectivity index (χ1n) is 22.2. The third-order valence-corrected chi connectivity index (χ3v) is 11.5. The molecule has 15 nitrogen and oxygen atoms in total. The Hall–Kier alpha value is -5.57. The van der Waals surface area contributed by atoms with E-state index in [0.717, 1.165) is 36.6 Å². The van der Waals surface area contributed by atoms with Crippen molar-refractivity contribution in [3.8, 4) is 0 Å². The van der Waals surface area contributed by atoms with Crippen LogP contribution in [-0.2, 0) is 35.1 Å². The summed E-state index contributed by atoms with van der Waals surface area (Å²) >= 11 is 0. The summed E-state index contributed by atoms with van der Waals surface area (Å²) in [5.41, 5.74) is 5.71. The van der Waals surface area contributed by atoms with Crippen molar-refractivity contribution in [1.82, 2.24) is 31.2 Å². The van der Waals surface area contributed by atoms with Gasteiger partial charge in [-0.3, -0.25) is 24.1 Å². The Morgan fingerprint density at radius 1 is 0.841 bits per heavy atom. The van der Waals surface area contributed by atoms with Gasteiger partial charge in [0.1, 0.15) is 29.5 Å². The number of para-hydroxylation sites is 1. The number of carbonyl (C=O) groups is 6. The van der Waals surface area contributed by atoms with Crippen LogP contribution in [0.15, 0.2) is 66.7 Å². The quantitative estimate of drug-likeness (QED) is 0.119. The number of piperidine rings is 1. The minimum Gasteiger partial charge on any atom is -0.457 e. The Labute approximate surface area is 371 Å². The number of nitrogens with two attached hydrogens (primary N) is 1. The number of aromatic nitrogens is 1. The van der Waals surface area contributed by atoms with Gasteiger partial charge in [0, 0.05) is 24.0 Å². The number of hydrogen-bond acceptors (Lipinski definition) is 10. The van der Waals surface area contributed by atoms with Gasteiger partial charge in [0.15, 0.2) is 0 Å². The Bertz CT molecular complexity index is 2080. The smallest absolute Gasteiger partial charge is 0.408 e. The maximum absolute atomic E-state index is 14.5. The van der Waals surface area contributed by atoms with Crippen molar-refractivity contribution in [1.29, 1.82) is 0 Å². The van der Waals surface area contributed by atoms with Gasteiger partial charge in [-0.15, -0.1) is 0 Å². The van der Waals surface area contributed by atoms with Crippen LogP contribution in [0.3, 0.4) is 0 Å². The normalized spacial score (nSPS) is 20.0. The number of nitrogens with one attached hydrogen (secondary N) is 4. The molecule has 1 aromatic heterocycles. The monoisotopic (exact) mass is 870 g/mol. The molecule has 2 heterocycles. The van der Waals surface area contributed by atoms with Crippen molar-refractivity contribution in [3.63, 3.8) is 0 Å². The van der Waals surface area contributed by atoms with E-state index in [4.69, 9.17) is 15.2 Å². The third kappa shape index (κ3) is 14.5. The number of pyridine rings is 1. The molecule has 63 heavy (non-hydrogen) atoms. The van der Waals surface area contributed by atoms with Crippen molar-refractivity contribution in [2.24, 2.45) is 23.5 Å². The van der Waals surface area contributed by atoms with Crippen LogP contribution in [0.25, 0.3) is 10.9 Å². The topological polar surface area (TPSA) is 211 Å². The van der Waals surface area contributed by atoms with E-state index in [-0.39, 0.29) is 24.6 Å². The highest BCUT2D eigenvalue weighted by Gasteiger charge is 2.44. The van der Waals surface area contributed by atoms with Crippen LogP contribution in [0, 0.1) is 17.8 Å². The number of amides is 5. The van der Waals surface area contributed by atoms with Gasteiger partial charge in [0.05, 0.1) is 24.0 Å². The molecule has 0 radical (unpaired) electrons. The first-order valence-corrected chi connectivity index (χ1v) is 22.2. The number of ether oxygens (including phenoxy) is 2. The minimum absolute atomic E-state index is 0.0338. The second-order valence-corrected chi connectivity index (χ2v) is 19.5. The van der Waals surface area contributed by atoms with Crippen LogP contribution in [0.5, 0.6) is 0 Å². The predicted molar refractivity (Wildman–Crippen MR) is 240 cm³/mol. The number of fused-ring (bicyclic) bond motifs is 2. The van der Waals surface area contributed by atoms with Gasteiger partial charge in [-0.25, -0.2) is 14.6 Å². The third-order valence-electron chi connectivity index (χ3n) is 11.5. The number of rotatable bonds is 16. The molecule has 2 aromatic carbocycles. The molecule has 5 rings (SSSR count). The van der Waals surface area contributed by atoms with E-state index < -0.39 is 83.5 Å². The van der Waals surface area contributed by atoms with Gasteiger partial charge in [0.25, 0.3) is 5.91 Å². The molecular formula is C48H67N7O8. The molecule has 0 bridgehead atoms. The summed E-state index contributed by atoms with van der Waals surface area (Å²) in [5, 5.41) is 12.4. The summed E-state index contributed by atoms with van der Waals surface area (Å²) in [6.45, 7) is 15.1. The lowest BCUT2D eigenvalue weighted by Crippen LogP contribution is -2.62. The Kier molecular flexibility index (Phi) is 16.3. The summed E-state index contributed by atoms with van der Waals surface area (Å²) in [6.07, 6.45) is 2.53. The zero-order valence-corrected chi connectivity index (χ0v) is 38.1.